The number of carbonyl (C=O) groups is 1. The predicted octanol–water partition coefficient (Wildman–Crippen LogP) is 3.72. The second kappa shape index (κ2) is 7.84. The van der Waals surface area contributed by atoms with Crippen LogP contribution in [0.2, 0.25) is 0 Å². The van der Waals surface area contributed by atoms with Gasteiger partial charge in [-0.25, -0.2) is 0 Å². The molecule has 0 bridgehead atoms. The molecule has 3 aromatic heterocycles. The molecule has 0 radical (unpaired) electrons. The maximum absolute atomic E-state index is 12.8. The fourth-order valence-electron chi connectivity index (χ4n) is 4.43. The van der Waals surface area contributed by atoms with E-state index < -0.39 is 0 Å². The molecule has 0 saturated carbocycles. The molecular formula is C23H22N4O3S. The standard InChI is InChI=1S/C23H22N4O3S/c1-29-16-2-3-18(26-14-16)21-11-17-20(31-21)4-9-30-23(17)5-7-27(8-6-23)22(28)19-10-15(12-24)13-25-19/h2-3,10-11,13-14,25H,4-9H2,1H3. The molecule has 3 aromatic rings. The van der Waals surface area contributed by atoms with Crippen LogP contribution >= 0.6 is 11.3 Å². The highest BCUT2D eigenvalue weighted by Crippen LogP contribution is 2.46. The third kappa shape index (κ3) is 3.50. The number of methoxy groups -OCH3 is 1. The van der Waals surface area contributed by atoms with Crippen molar-refractivity contribution in [3.05, 3.63) is 58.4 Å². The van der Waals surface area contributed by atoms with Crippen molar-refractivity contribution >= 4 is 17.2 Å². The number of rotatable bonds is 3. The van der Waals surface area contributed by atoms with Crippen LogP contribution in [0.1, 0.15) is 39.3 Å². The third-order valence-corrected chi connectivity index (χ3v) is 7.35. The molecule has 158 valence electrons. The molecule has 1 amide bonds. The number of nitrogens with one attached hydrogen (secondary N) is 1. The lowest BCUT2D eigenvalue weighted by Crippen LogP contribution is -2.48. The molecule has 0 atom stereocenters. The summed E-state index contributed by atoms with van der Waals surface area (Å²) in [6, 6.07) is 9.79. The number of pyridine rings is 1. The topological polar surface area (TPSA) is 91.2 Å². The van der Waals surface area contributed by atoms with Crippen molar-refractivity contribution in [3.63, 3.8) is 0 Å². The molecule has 2 aliphatic heterocycles. The van der Waals surface area contributed by atoms with Gasteiger partial charge < -0.3 is 19.4 Å². The molecule has 31 heavy (non-hydrogen) atoms. The first kappa shape index (κ1) is 19.8. The summed E-state index contributed by atoms with van der Waals surface area (Å²) in [5.41, 5.74) is 2.76. The average molecular weight is 435 g/mol. The quantitative estimate of drug-likeness (QED) is 0.678. The fourth-order valence-corrected chi connectivity index (χ4v) is 5.64. The monoisotopic (exact) mass is 434 g/mol. The summed E-state index contributed by atoms with van der Waals surface area (Å²) in [4.78, 5) is 24.6. The Labute approximate surface area is 184 Å². The number of aromatic amines is 1. The molecular weight excluding hydrogens is 412 g/mol. The number of likely N-dealkylation sites (tertiary alicyclic amines) is 1. The maximum atomic E-state index is 12.8. The summed E-state index contributed by atoms with van der Waals surface area (Å²) in [7, 11) is 1.64. The molecule has 1 N–H and O–H groups in total. The Morgan fingerprint density at radius 2 is 2.19 bits per heavy atom. The molecule has 0 unspecified atom stereocenters. The number of nitriles is 1. The van der Waals surface area contributed by atoms with Crippen LogP contribution in [0.3, 0.4) is 0 Å². The van der Waals surface area contributed by atoms with E-state index in [1.54, 1.807) is 36.9 Å². The number of ether oxygens (including phenoxy) is 2. The number of piperidine rings is 1. The first-order chi connectivity index (χ1) is 15.1. The van der Waals surface area contributed by atoms with Gasteiger partial charge in [0.2, 0.25) is 0 Å². The van der Waals surface area contributed by atoms with E-state index in [0.717, 1.165) is 35.6 Å². The van der Waals surface area contributed by atoms with E-state index in [0.29, 0.717) is 31.0 Å². The first-order valence-electron chi connectivity index (χ1n) is 10.3. The predicted molar refractivity (Wildman–Crippen MR) is 116 cm³/mol. The summed E-state index contributed by atoms with van der Waals surface area (Å²) >= 11 is 1.78. The molecule has 0 aromatic carbocycles. The second-order valence-electron chi connectivity index (χ2n) is 7.83. The van der Waals surface area contributed by atoms with E-state index in [2.05, 4.69) is 22.1 Å². The minimum Gasteiger partial charge on any atom is -0.495 e. The number of thiophene rings is 1. The number of amides is 1. The van der Waals surface area contributed by atoms with E-state index in [1.807, 2.05) is 17.0 Å². The van der Waals surface area contributed by atoms with Crippen LogP contribution in [0.15, 0.2) is 36.7 Å². The van der Waals surface area contributed by atoms with Gasteiger partial charge >= 0.3 is 0 Å². The molecule has 5 rings (SSSR count). The summed E-state index contributed by atoms with van der Waals surface area (Å²) < 4.78 is 11.6. The number of H-pyrrole nitrogens is 1. The van der Waals surface area contributed by atoms with Crippen molar-refractivity contribution in [2.75, 3.05) is 26.8 Å². The fraction of sp³-hybridized carbons (Fsp3) is 0.348. The van der Waals surface area contributed by atoms with Gasteiger partial charge in [0.05, 0.1) is 41.6 Å². The van der Waals surface area contributed by atoms with Gasteiger partial charge in [0.25, 0.3) is 5.91 Å². The van der Waals surface area contributed by atoms with Gasteiger partial charge in [-0.2, -0.15) is 5.26 Å². The Bertz CT molecular complexity index is 1150. The normalized spacial score (nSPS) is 17.2. The minimum atomic E-state index is -0.348. The molecule has 8 heteroatoms. The lowest BCUT2D eigenvalue weighted by molar-refractivity contribution is -0.0926. The van der Waals surface area contributed by atoms with Crippen LogP contribution in [0.4, 0.5) is 0 Å². The highest BCUT2D eigenvalue weighted by Gasteiger charge is 2.43. The van der Waals surface area contributed by atoms with E-state index >= 15 is 0 Å². The summed E-state index contributed by atoms with van der Waals surface area (Å²) in [5, 5.41) is 8.99. The van der Waals surface area contributed by atoms with Gasteiger partial charge in [-0.15, -0.1) is 11.3 Å². The van der Waals surface area contributed by atoms with Crippen molar-refractivity contribution in [1.29, 1.82) is 5.26 Å². The second-order valence-corrected chi connectivity index (χ2v) is 8.97. The Morgan fingerprint density at radius 1 is 1.35 bits per heavy atom. The molecule has 1 fully saturated rings. The minimum absolute atomic E-state index is 0.0687. The molecule has 7 nitrogen and oxygen atoms in total. The maximum Gasteiger partial charge on any atom is 0.270 e. The largest absolute Gasteiger partial charge is 0.495 e. The smallest absolute Gasteiger partial charge is 0.270 e. The lowest BCUT2D eigenvalue weighted by atomic mass is 9.82. The number of carbonyl (C=O) groups excluding carboxylic acids is 1. The Balaban J connectivity index is 1.36. The zero-order valence-electron chi connectivity index (χ0n) is 17.2. The molecule has 0 aliphatic carbocycles. The molecule has 1 spiro atoms. The van der Waals surface area contributed by atoms with Crippen LogP contribution in [0, 0.1) is 11.3 Å². The van der Waals surface area contributed by atoms with Gasteiger partial charge in [0.1, 0.15) is 17.5 Å². The van der Waals surface area contributed by atoms with Crippen molar-refractivity contribution < 1.29 is 14.3 Å². The lowest BCUT2D eigenvalue weighted by Gasteiger charge is -2.44. The van der Waals surface area contributed by atoms with Crippen LogP contribution in [-0.2, 0) is 16.8 Å². The third-order valence-electron chi connectivity index (χ3n) is 6.13. The Morgan fingerprint density at radius 3 is 2.87 bits per heavy atom. The Kier molecular flexibility index (Phi) is 5.00. The number of nitrogens with zero attached hydrogens (tertiary/aromatic N) is 3. The summed E-state index contributed by atoms with van der Waals surface area (Å²) in [6.45, 7) is 1.93. The number of aromatic nitrogens is 2. The van der Waals surface area contributed by atoms with Gasteiger partial charge in [-0.05, 0) is 42.7 Å². The van der Waals surface area contributed by atoms with Crippen molar-refractivity contribution in [1.82, 2.24) is 14.9 Å². The van der Waals surface area contributed by atoms with E-state index in [9.17, 15) is 4.79 Å². The van der Waals surface area contributed by atoms with Crippen LogP contribution in [-0.4, -0.2) is 47.6 Å². The van der Waals surface area contributed by atoms with Crippen LogP contribution in [0.25, 0.3) is 10.6 Å². The summed E-state index contributed by atoms with van der Waals surface area (Å²) in [5.74, 6) is 0.673. The molecule has 2 aliphatic rings. The zero-order chi connectivity index (χ0) is 21.4. The zero-order valence-corrected chi connectivity index (χ0v) is 18.0. The van der Waals surface area contributed by atoms with E-state index in [1.165, 1.54) is 10.4 Å². The SMILES string of the molecule is COc1ccc(-c2cc3c(s2)CCOC32CCN(C(=O)c3cc(C#N)c[nH]3)CC2)nc1. The molecule has 1 saturated heterocycles. The highest BCUT2D eigenvalue weighted by molar-refractivity contribution is 7.15. The van der Waals surface area contributed by atoms with Gasteiger partial charge in [-0.1, -0.05) is 0 Å². The van der Waals surface area contributed by atoms with E-state index in [4.69, 9.17) is 14.7 Å². The number of hydrogen-bond acceptors (Lipinski definition) is 6. The van der Waals surface area contributed by atoms with Crippen LogP contribution in [0.5, 0.6) is 5.75 Å². The van der Waals surface area contributed by atoms with Gasteiger partial charge in [0.15, 0.2) is 0 Å². The first-order valence-corrected chi connectivity index (χ1v) is 11.1. The highest BCUT2D eigenvalue weighted by atomic mass is 32.1. The summed E-state index contributed by atoms with van der Waals surface area (Å²) in [6.07, 6.45) is 5.71. The van der Waals surface area contributed by atoms with Crippen LogP contribution < -0.4 is 4.74 Å². The average Bonchev–Trinajstić information content (AvgIpc) is 3.47. The number of hydrogen-bond donors (Lipinski definition) is 1. The number of fused-ring (bicyclic) bond motifs is 2. The molecule has 5 heterocycles. The van der Waals surface area contributed by atoms with E-state index in [-0.39, 0.29) is 11.5 Å². The van der Waals surface area contributed by atoms with Crippen molar-refractivity contribution in [2.24, 2.45) is 0 Å². The Hall–Kier alpha value is -3.15. The van der Waals surface area contributed by atoms with Crippen molar-refractivity contribution in [2.45, 2.75) is 24.9 Å². The van der Waals surface area contributed by atoms with Crippen molar-refractivity contribution in [3.8, 4) is 22.4 Å². The van der Waals surface area contributed by atoms with Gasteiger partial charge in [-0.3, -0.25) is 9.78 Å². The van der Waals surface area contributed by atoms with Gasteiger partial charge in [0, 0.05) is 30.6 Å².